The lowest BCUT2D eigenvalue weighted by Gasteiger charge is -2.34. The lowest BCUT2D eigenvalue weighted by Crippen LogP contribution is -2.40. The van der Waals surface area contributed by atoms with Crippen LogP contribution < -0.4 is 4.72 Å². The minimum absolute atomic E-state index is 0.0723. The Morgan fingerprint density at radius 3 is 2.58 bits per heavy atom. The van der Waals surface area contributed by atoms with Crippen molar-refractivity contribution in [3.63, 3.8) is 0 Å². The van der Waals surface area contributed by atoms with Crippen molar-refractivity contribution >= 4 is 15.7 Å². The van der Waals surface area contributed by atoms with Gasteiger partial charge in [-0.2, -0.15) is 0 Å². The molecule has 8 heteroatoms. The maximum atomic E-state index is 12.2. The number of sulfonamides is 1. The van der Waals surface area contributed by atoms with E-state index in [1.807, 2.05) is 0 Å². The van der Waals surface area contributed by atoms with Gasteiger partial charge in [0, 0.05) is 31.8 Å². The van der Waals surface area contributed by atoms with Crippen LogP contribution in [0.2, 0.25) is 0 Å². The Hall–Kier alpha value is -1.51. The summed E-state index contributed by atoms with van der Waals surface area (Å²) in [5.41, 5.74) is -0.228. The van der Waals surface area contributed by atoms with Crippen molar-refractivity contribution in [3.8, 4) is 0 Å². The molecule has 0 unspecified atom stereocenters. The molecular formula is C16H25N3O4S. The van der Waals surface area contributed by atoms with E-state index >= 15 is 0 Å². The Morgan fingerprint density at radius 2 is 1.96 bits per heavy atom. The van der Waals surface area contributed by atoms with Crippen LogP contribution in [0.4, 0.5) is 5.69 Å². The number of hydrogen-bond donors (Lipinski definition) is 1. The van der Waals surface area contributed by atoms with Crippen molar-refractivity contribution in [1.29, 1.82) is 0 Å². The highest BCUT2D eigenvalue weighted by atomic mass is 32.2. The van der Waals surface area contributed by atoms with Gasteiger partial charge in [-0.25, -0.2) is 13.1 Å². The normalized spacial score (nSPS) is 22.4. The molecule has 24 heavy (non-hydrogen) atoms. The minimum Gasteiger partial charge on any atom is -0.303 e. The first-order valence-corrected chi connectivity index (χ1v) is 9.72. The van der Waals surface area contributed by atoms with Gasteiger partial charge in [-0.15, -0.1) is 0 Å². The number of hydrogen-bond acceptors (Lipinski definition) is 5. The minimum atomic E-state index is -3.71. The summed E-state index contributed by atoms with van der Waals surface area (Å²) in [5.74, 6) is 1.35. The fourth-order valence-corrected chi connectivity index (χ4v) is 4.44. The van der Waals surface area contributed by atoms with Crippen LogP contribution in [-0.2, 0) is 10.0 Å². The highest BCUT2D eigenvalue weighted by molar-refractivity contribution is 7.89. The van der Waals surface area contributed by atoms with Crippen LogP contribution in [0.5, 0.6) is 0 Å². The maximum Gasteiger partial charge on any atom is 0.270 e. The number of nitrogens with zero attached hydrogens (tertiary/aromatic N) is 2. The predicted octanol–water partition coefficient (Wildman–Crippen LogP) is 2.24. The van der Waals surface area contributed by atoms with E-state index in [0.29, 0.717) is 24.8 Å². The molecular weight excluding hydrogens is 330 g/mol. The molecule has 134 valence electrons. The van der Waals surface area contributed by atoms with Crippen LogP contribution in [0.1, 0.15) is 26.7 Å². The van der Waals surface area contributed by atoms with Crippen molar-refractivity contribution in [1.82, 2.24) is 9.62 Å². The number of benzene rings is 1. The van der Waals surface area contributed by atoms with Gasteiger partial charge in [-0.3, -0.25) is 10.1 Å². The summed E-state index contributed by atoms with van der Waals surface area (Å²) in [6, 6.07) is 5.10. The summed E-state index contributed by atoms with van der Waals surface area (Å²) in [4.78, 5) is 12.5. The van der Waals surface area contributed by atoms with Crippen LogP contribution >= 0.6 is 0 Å². The van der Waals surface area contributed by atoms with Crippen LogP contribution in [0.25, 0.3) is 0 Å². The molecule has 0 saturated carbocycles. The Balaban J connectivity index is 1.85. The van der Waals surface area contributed by atoms with E-state index in [9.17, 15) is 18.5 Å². The van der Waals surface area contributed by atoms with Gasteiger partial charge in [-0.1, -0.05) is 19.9 Å². The number of piperidine rings is 1. The fourth-order valence-electron chi connectivity index (χ4n) is 3.33. The number of rotatable bonds is 7. The highest BCUT2D eigenvalue weighted by Gasteiger charge is 2.21. The summed E-state index contributed by atoms with van der Waals surface area (Å²) < 4.78 is 27.0. The lowest BCUT2D eigenvalue weighted by molar-refractivity contribution is -0.385. The number of likely N-dealkylation sites (tertiary alicyclic amines) is 1. The van der Waals surface area contributed by atoms with E-state index in [1.54, 1.807) is 0 Å². The van der Waals surface area contributed by atoms with Gasteiger partial charge >= 0.3 is 0 Å². The van der Waals surface area contributed by atoms with Gasteiger partial charge in [0.05, 0.1) is 9.82 Å². The molecule has 2 atom stereocenters. The monoisotopic (exact) mass is 355 g/mol. The Labute approximate surface area is 143 Å². The van der Waals surface area contributed by atoms with E-state index < -0.39 is 14.9 Å². The van der Waals surface area contributed by atoms with Gasteiger partial charge in [0.15, 0.2) is 0 Å². The van der Waals surface area contributed by atoms with Gasteiger partial charge in [-0.05, 0) is 37.3 Å². The van der Waals surface area contributed by atoms with Crippen LogP contribution in [0.15, 0.2) is 29.2 Å². The first-order valence-electron chi connectivity index (χ1n) is 8.24. The topological polar surface area (TPSA) is 92.6 Å². The molecule has 0 radical (unpaired) electrons. The molecule has 7 nitrogen and oxygen atoms in total. The van der Waals surface area contributed by atoms with Gasteiger partial charge in [0.2, 0.25) is 10.0 Å². The van der Waals surface area contributed by atoms with Crippen molar-refractivity contribution in [2.24, 2.45) is 11.8 Å². The quantitative estimate of drug-likeness (QED) is 0.460. The number of non-ortho nitro benzene ring substituents is 1. The molecule has 0 bridgehead atoms. The summed E-state index contributed by atoms with van der Waals surface area (Å²) in [5, 5.41) is 10.8. The van der Waals surface area contributed by atoms with Gasteiger partial charge in [0.1, 0.15) is 0 Å². The van der Waals surface area contributed by atoms with Crippen LogP contribution in [-0.4, -0.2) is 44.4 Å². The molecule has 1 heterocycles. The average Bonchev–Trinajstić information content (AvgIpc) is 2.51. The third-order valence-electron chi connectivity index (χ3n) is 4.23. The Morgan fingerprint density at radius 1 is 1.29 bits per heavy atom. The lowest BCUT2D eigenvalue weighted by atomic mass is 9.92. The Kier molecular flexibility index (Phi) is 6.31. The summed E-state index contributed by atoms with van der Waals surface area (Å²) in [7, 11) is -3.71. The molecule has 0 aromatic heterocycles. The Bertz CT molecular complexity index is 668. The molecule has 1 aromatic carbocycles. The summed E-state index contributed by atoms with van der Waals surface area (Å²) in [6.45, 7) is 7.78. The summed E-state index contributed by atoms with van der Waals surface area (Å²) >= 11 is 0. The SMILES string of the molecule is C[C@@H]1C[C@H](C)CN(CCCNS(=O)(=O)c2cccc([N+](=O)[O-])c2)C1. The molecule has 2 rings (SSSR count). The van der Waals surface area contributed by atoms with E-state index in [1.165, 1.54) is 24.6 Å². The maximum absolute atomic E-state index is 12.2. The smallest absolute Gasteiger partial charge is 0.270 e. The first kappa shape index (κ1) is 18.8. The van der Waals surface area contributed by atoms with Crippen LogP contribution in [0.3, 0.4) is 0 Å². The predicted molar refractivity (Wildman–Crippen MR) is 92.3 cm³/mol. The zero-order chi connectivity index (χ0) is 17.7. The molecule has 0 amide bonds. The third kappa shape index (κ3) is 5.25. The standard InChI is InChI=1S/C16H25N3O4S/c1-13-9-14(2)12-18(11-13)8-4-7-17-24(22,23)16-6-3-5-15(10-16)19(20)21/h3,5-6,10,13-14,17H,4,7-9,11-12H2,1-2H3/t13-,14+. The fraction of sp³-hybridized carbons (Fsp3) is 0.625. The number of nitro benzene ring substituents is 1. The first-order chi connectivity index (χ1) is 11.3. The molecule has 1 saturated heterocycles. The molecule has 1 fully saturated rings. The largest absolute Gasteiger partial charge is 0.303 e. The second kappa shape index (κ2) is 8.04. The van der Waals surface area contributed by atoms with Crippen LogP contribution in [0, 0.1) is 22.0 Å². The van der Waals surface area contributed by atoms with Gasteiger partial charge in [0.25, 0.3) is 5.69 Å². The average molecular weight is 355 g/mol. The molecule has 1 N–H and O–H groups in total. The molecule has 0 spiro atoms. The van der Waals surface area contributed by atoms with E-state index in [4.69, 9.17) is 0 Å². The summed E-state index contributed by atoms with van der Waals surface area (Å²) in [6.07, 6.45) is 1.96. The third-order valence-corrected chi connectivity index (χ3v) is 5.69. The van der Waals surface area contributed by atoms with E-state index in [0.717, 1.165) is 25.7 Å². The van der Waals surface area contributed by atoms with Crippen molar-refractivity contribution in [2.75, 3.05) is 26.2 Å². The molecule has 1 aliphatic rings. The second-order valence-corrected chi connectivity index (χ2v) is 8.48. The van der Waals surface area contributed by atoms with Crippen molar-refractivity contribution in [2.45, 2.75) is 31.6 Å². The zero-order valence-electron chi connectivity index (χ0n) is 14.1. The van der Waals surface area contributed by atoms with E-state index in [-0.39, 0.29) is 10.6 Å². The zero-order valence-corrected chi connectivity index (χ0v) is 15.0. The molecule has 1 aliphatic heterocycles. The van der Waals surface area contributed by atoms with Gasteiger partial charge < -0.3 is 4.90 Å². The van der Waals surface area contributed by atoms with E-state index in [2.05, 4.69) is 23.5 Å². The number of nitrogens with one attached hydrogen (secondary N) is 1. The highest BCUT2D eigenvalue weighted by Crippen LogP contribution is 2.21. The van der Waals surface area contributed by atoms with Crippen molar-refractivity contribution < 1.29 is 13.3 Å². The second-order valence-electron chi connectivity index (χ2n) is 6.71. The molecule has 1 aromatic rings. The number of nitro groups is 1. The van der Waals surface area contributed by atoms with Crippen molar-refractivity contribution in [3.05, 3.63) is 34.4 Å². The molecule has 0 aliphatic carbocycles.